The van der Waals surface area contributed by atoms with E-state index in [1.165, 1.54) is 12.0 Å². The highest BCUT2D eigenvalue weighted by molar-refractivity contribution is 5.26. The van der Waals surface area contributed by atoms with Gasteiger partial charge in [-0.05, 0) is 30.2 Å². The van der Waals surface area contributed by atoms with Gasteiger partial charge in [-0.2, -0.15) is 0 Å². The molecule has 19 heavy (non-hydrogen) atoms. The van der Waals surface area contributed by atoms with Crippen LogP contribution in [0.2, 0.25) is 0 Å². The Balaban J connectivity index is 1.72. The summed E-state index contributed by atoms with van der Waals surface area (Å²) in [5.41, 5.74) is 4.37. The Hall–Kier alpha value is -0.940. The Kier molecular flexibility index (Phi) is 5.79. The molecule has 2 rings (SSSR count). The summed E-state index contributed by atoms with van der Waals surface area (Å²) < 4.78 is 10.4. The van der Waals surface area contributed by atoms with Gasteiger partial charge in [-0.1, -0.05) is 30.3 Å². The van der Waals surface area contributed by atoms with Crippen LogP contribution in [-0.2, 0) is 9.47 Å². The van der Waals surface area contributed by atoms with Crippen molar-refractivity contribution >= 4 is 0 Å². The molecule has 1 aromatic carbocycles. The number of ether oxygens (including phenoxy) is 2. The minimum absolute atomic E-state index is 0.341. The maximum Gasteiger partial charge on any atom is 0.0700 e. The molecule has 4 nitrogen and oxygen atoms in total. The lowest BCUT2D eigenvalue weighted by Gasteiger charge is -2.16. The van der Waals surface area contributed by atoms with E-state index in [-0.39, 0.29) is 0 Å². The molecule has 0 bridgehead atoms. The smallest absolute Gasteiger partial charge is 0.0700 e. The van der Waals surface area contributed by atoms with Gasteiger partial charge in [0.2, 0.25) is 0 Å². The summed E-state index contributed by atoms with van der Waals surface area (Å²) in [7, 11) is 1.68. The minimum atomic E-state index is 0.341. The fourth-order valence-electron chi connectivity index (χ4n) is 2.62. The number of methoxy groups -OCH3 is 1. The molecule has 3 unspecified atom stereocenters. The predicted molar refractivity (Wildman–Crippen MR) is 75.7 cm³/mol. The lowest BCUT2D eigenvalue weighted by atomic mass is 10.0. The molecule has 0 radical (unpaired) electrons. The zero-order valence-electron chi connectivity index (χ0n) is 11.5. The Morgan fingerprint density at radius 3 is 2.74 bits per heavy atom. The van der Waals surface area contributed by atoms with Crippen LogP contribution in [0, 0.1) is 5.92 Å². The monoisotopic (exact) mass is 264 g/mol. The highest BCUT2D eigenvalue weighted by Crippen LogP contribution is 2.49. The summed E-state index contributed by atoms with van der Waals surface area (Å²) in [6.45, 7) is 2.04. The van der Waals surface area contributed by atoms with Crippen molar-refractivity contribution in [2.45, 2.75) is 24.8 Å². The largest absolute Gasteiger partial charge is 0.382 e. The van der Waals surface area contributed by atoms with Gasteiger partial charge in [-0.3, -0.25) is 11.3 Å². The number of hydrogen-bond donors (Lipinski definition) is 2. The minimum Gasteiger partial charge on any atom is -0.382 e. The molecule has 0 spiro atoms. The summed E-state index contributed by atoms with van der Waals surface area (Å²) in [6.07, 6.45) is 2.17. The highest BCUT2D eigenvalue weighted by atomic mass is 16.5. The van der Waals surface area contributed by atoms with Gasteiger partial charge in [-0.25, -0.2) is 0 Å². The fraction of sp³-hybridized carbons (Fsp3) is 0.600. The van der Waals surface area contributed by atoms with E-state index in [1.54, 1.807) is 7.11 Å². The van der Waals surface area contributed by atoms with Gasteiger partial charge in [0, 0.05) is 19.8 Å². The fourth-order valence-corrected chi connectivity index (χ4v) is 2.62. The summed E-state index contributed by atoms with van der Waals surface area (Å²) in [5.74, 6) is 6.96. The molecule has 0 heterocycles. The van der Waals surface area contributed by atoms with Crippen molar-refractivity contribution in [3.05, 3.63) is 35.9 Å². The zero-order chi connectivity index (χ0) is 13.5. The van der Waals surface area contributed by atoms with E-state index >= 15 is 0 Å². The lowest BCUT2D eigenvalue weighted by molar-refractivity contribution is 0.0648. The SMILES string of the molecule is COCCOCCC(NN)C1CC1c1ccccc1. The lowest BCUT2D eigenvalue weighted by Crippen LogP contribution is -2.38. The van der Waals surface area contributed by atoms with Gasteiger partial charge in [0.1, 0.15) is 0 Å². The summed E-state index contributed by atoms with van der Waals surface area (Å²) in [5, 5.41) is 0. The van der Waals surface area contributed by atoms with Crippen molar-refractivity contribution < 1.29 is 9.47 Å². The van der Waals surface area contributed by atoms with Crippen LogP contribution in [0.5, 0.6) is 0 Å². The molecule has 106 valence electrons. The van der Waals surface area contributed by atoms with Crippen LogP contribution in [0.4, 0.5) is 0 Å². The van der Waals surface area contributed by atoms with Crippen LogP contribution in [0.3, 0.4) is 0 Å². The molecule has 1 aromatic rings. The van der Waals surface area contributed by atoms with E-state index in [2.05, 4.69) is 35.8 Å². The molecule has 4 heteroatoms. The molecule has 0 saturated heterocycles. The summed E-state index contributed by atoms with van der Waals surface area (Å²) in [6, 6.07) is 11.0. The third-order valence-corrected chi connectivity index (χ3v) is 3.80. The van der Waals surface area contributed by atoms with Crippen molar-refractivity contribution in [1.29, 1.82) is 0 Å². The molecule has 1 aliphatic rings. The van der Waals surface area contributed by atoms with E-state index in [9.17, 15) is 0 Å². The Morgan fingerprint density at radius 2 is 2.05 bits per heavy atom. The van der Waals surface area contributed by atoms with E-state index in [1.807, 2.05) is 0 Å². The third kappa shape index (κ3) is 4.28. The van der Waals surface area contributed by atoms with Crippen LogP contribution in [-0.4, -0.2) is 33.0 Å². The molecular weight excluding hydrogens is 240 g/mol. The van der Waals surface area contributed by atoms with E-state index in [0.717, 1.165) is 13.0 Å². The number of hydrazine groups is 1. The van der Waals surface area contributed by atoms with E-state index < -0.39 is 0 Å². The van der Waals surface area contributed by atoms with Crippen LogP contribution in [0.25, 0.3) is 0 Å². The third-order valence-electron chi connectivity index (χ3n) is 3.80. The number of nitrogens with one attached hydrogen (secondary N) is 1. The van der Waals surface area contributed by atoms with Crippen LogP contribution >= 0.6 is 0 Å². The van der Waals surface area contributed by atoms with Gasteiger partial charge >= 0.3 is 0 Å². The molecule has 3 atom stereocenters. The first-order chi connectivity index (χ1) is 9.36. The first-order valence-electron chi connectivity index (χ1n) is 6.94. The molecule has 0 amide bonds. The molecule has 1 fully saturated rings. The maximum absolute atomic E-state index is 5.66. The normalized spacial score (nSPS) is 23.3. The Labute approximate surface area is 115 Å². The van der Waals surface area contributed by atoms with Gasteiger partial charge < -0.3 is 9.47 Å². The van der Waals surface area contributed by atoms with Crippen molar-refractivity contribution in [3.8, 4) is 0 Å². The summed E-state index contributed by atoms with van der Waals surface area (Å²) >= 11 is 0. The molecule has 0 aliphatic heterocycles. The second-order valence-electron chi connectivity index (χ2n) is 5.08. The first-order valence-corrected chi connectivity index (χ1v) is 6.94. The zero-order valence-corrected chi connectivity index (χ0v) is 11.5. The van der Waals surface area contributed by atoms with Crippen molar-refractivity contribution in [1.82, 2.24) is 5.43 Å². The van der Waals surface area contributed by atoms with Gasteiger partial charge in [0.15, 0.2) is 0 Å². The first kappa shape index (κ1) is 14.5. The maximum atomic E-state index is 5.66. The second kappa shape index (κ2) is 7.60. The van der Waals surface area contributed by atoms with Crippen LogP contribution in [0.15, 0.2) is 30.3 Å². The number of hydrogen-bond acceptors (Lipinski definition) is 4. The topological polar surface area (TPSA) is 56.5 Å². The van der Waals surface area contributed by atoms with Crippen molar-refractivity contribution in [2.24, 2.45) is 11.8 Å². The molecular formula is C15H24N2O2. The molecule has 1 aliphatic carbocycles. The Bertz CT molecular complexity index is 358. The van der Waals surface area contributed by atoms with Crippen LogP contribution < -0.4 is 11.3 Å². The highest BCUT2D eigenvalue weighted by Gasteiger charge is 2.43. The van der Waals surface area contributed by atoms with E-state index in [0.29, 0.717) is 31.1 Å². The molecule has 3 N–H and O–H groups in total. The van der Waals surface area contributed by atoms with E-state index in [4.69, 9.17) is 15.3 Å². The average molecular weight is 264 g/mol. The second-order valence-corrected chi connectivity index (χ2v) is 5.08. The predicted octanol–water partition coefficient (Wildman–Crippen LogP) is 1.68. The standard InChI is InChI=1S/C15H24N2O2/c1-18-9-10-19-8-7-15(17-16)14-11-13(14)12-5-3-2-4-6-12/h2-6,13-15,17H,7-11,16H2,1H3. The quantitative estimate of drug-likeness (QED) is 0.405. The average Bonchev–Trinajstić information content (AvgIpc) is 3.24. The number of rotatable bonds is 9. The number of benzene rings is 1. The molecule has 0 aromatic heterocycles. The van der Waals surface area contributed by atoms with Gasteiger partial charge in [0.05, 0.1) is 13.2 Å². The van der Waals surface area contributed by atoms with Crippen molar-refractivity contribution in [2.75, 3.05) is 26.9 Å². The van der Waals surface area contributed by atoms with Crippen molar-refractivity contribution in [3.63, 3.8) is 0 Å². The Morgan fingerprint density at radius 1 is 1.26 bits per heavy atom. The molecule has 1 saturated carbocycles. The van der Waals surface area contributed by atoms with Gasteiger partial charge in [-0.15, -0.1) is 0 Å². The van der Waals surface area contributed by atoms with Gasteiger partial charge in [0.25, 0.3) is 0 Å². The number of nitrogens with two attached hydrogens (primary N) is 1. The summed E-state index contributed by atoms with van der Waals surface area (Å²) in [4.78, 5) is 0. The van der Waals surface area contributed by atoms with Crippen LogP contribution in [0.1, 0.15) is 24.3 Å².